The van der Waals surface area contributed by atoms with Crippen molar-refractivity contribution in [3.8, 4) is 0 Å². The van der Waals surface area contributed by atoms with Crippen molar-refractivity contribution in [2.45, 2.75) is 26.9 Å². The largest absolute Gasteiger partial charge is 0.366 e. The Morgan fingerprint density at radius 2 is 1.00 bits per heavy atom. The maximum atomic E-state index is 4.92. The Hall–Kier alpha value is -2.81. The molecule has 3 heteroatoms. The van der Waals surface area contributed by atoms with Gasteiger partial charge in [0.2, 0.25) is 0 Å². The summed E-state index contributed by atoms with van der Waals surface area (Å²) in [7, 11) is 0. The molecule has 3 aromatic rings. The van der Waals surface area contributed by atoms with Crippen LogP contribution in [0.1, 0.15) is 25.2 Å². The second-order valence-electron chi connectivity index (χ2n) is 6.32. The third-order valence-electron chi connectivity index (χ3n) is 4.58. The highest BCUT2D eigenvalue weighted by molar-refractivity contribution is 5.47. The van der Waals surface area contributed by atoms with Crippen molar-refractivity contribution < 1.29 is 0 Å². The number of rotatable bonds is 8. The summed E-state index contributed by atoms with van der Waals surface area (Å²) in [5, 5.41) is 0. The van der Waals surface area contributed by atoms with E-state index in [9.17, 15) is 0 Å². The molecule has 0 N–H and O–H groups in total. The van der Waals surface area contributed by atoms with Crippen LogP contribution in [-0.2, 0) is 13.1 Å². The molecule has 1 heterocycles. The van der Waals surface area contributed by atoms with Crippen molar-refractivity contribution in [1.82, 2.24) is 4.98 Å². The SMILES string of the molecule is CCN(Cc1cccc(CN(CC)c2ccccc2)n1)c1ccccc1. The Morgan fingerprint density at radius 3 is 1.38 bits per heavy atom. The number of nitrogens with zero attached hydrogens (tertiary/aromatic N) is 3. The molecule has 0 fully saturated rings. The van der Waals surface area contributed by atoms with Crippen molar-refractivity contribution in [2.75, 3.05) is 22.9 Å². The van der Waals surface area contributed by atoms with Gasteiger partial charge in [0, 0.05) is 24.5 Å². The van der Waals surface area contributed by atoms with Crippen molar-refractivity contribution in [2.24, 2.45) is 0 Å². The fourth-order valence-electron chi connectivity index (χ4n) is 3.15. The molecule has 1 aromatic heterocycles. The van der Waals surface area contributed by atoms with E-state index in [1.165, 1.54) is 11.4 Å². The first-order valence-electron chi connectivity index (χ1n) is 9.35. The molecule has 0 atom stereocenters. The summed E-state index contributed by atoms with van der Waals surface area (Å²) in [6.45, 7) is 7.94. The Morgan fingerprint density at radius 1 is 0.577 bits per heavy atom. The molecule has 3 nitrogen and oxygen atoms in total. The van der Waals surface area contributed by atoms with E-state index in [1.807, 2.05) is 0 Å². The molecular formula is C23H27N3. The fraction of sp³-hybridized carbons (Fsp3) is 0.261. The quantitative estimate of drug-likeness (QED) is 0.564. The number of benzene rings is 2. The third kappa shape index (κ3) is 4.63. The summed E-state index contributed by atoms with van der Waals surface area (Å²) in [5.74, 6) is 0. The van der Waals surface area contributed by atoms with E-state index in [1.54, 1.807) is 0 Å². The minimum absolute atomic E-state index is 0.825. The van der Waals surface area contributed by atoms with Crippen molar-refractivity contribution >= 4 is 11.4 Å². The lowest BCUT2D eigenvalue weighted by molar-refractivity contribution is 0.774. The molecule has 0 spiro atoms. The van der Waals surface area contributed by atoms with Gasteiger partial charge in [0.1, 0.15) is 0 Å². The second-order valence-corrected chi connectivity index (χ2v) is 6.32. The smallest absolute Gasteiger partial charge is 0.0602 e. The Bertz CT molecular complexity index is 722. The summed E-state index contributed by atoms with van der Waals surface area (Å²) < 4.78 is 0. The normalized spacial score (nSPS) is 10.5. The van der Waals surface area contributed by atoms with E-state index in [0.29, 0.717) is 0 Å². The summed E-state index contributed by atoms with van der Waals surface area (Å²) in [6.07, 6.45) is 0. The lowest BCUT2D eigenvalue weighted by Gasteiger charge is -2.24. The molecule has 134 valence electrons. The van der Waals surface area contributed by atoms with E-state index in [4.69, 9.17) is 4.98 Å². The average Bonchev–Trinajstić information content (AvgIpc) is 2.72. The van der Waals surface area contributed by atoms with Crippen LogP contribution in [0, 0.1) is 0 Å². The number of aromatic nitrogens is 1. The van der Waals surface area contributed by atoms with Crippen molar-refractivity contribution in [3.63, 3.8) is 0 Å². The summed E-state index contributed by atoms with van der Waals surface area (Å²) >= 11 is 0. The predicted octanol–water partition coefficient (Wildman–Crippen LogP) is 5.13. The minimum atomic E-state index is 0.825. The van der Waals surface area contributed by atoms with Crippen LogP contribution in [0.25, 0.3) is 0 Å². The van der Waals surface area contributed by atoms with E-state index in [-0.39, 0.29) is 0 Å². The van der Waals surface area contributed by atoms with Crippen LogP contribution in [0.5, 0.6) is 0 Å². The standard InChI is InChI=1S/C23H27N3/c1-3-25(22-14-7-5-8-15-22)18-20-12-11-13-21(24-20)19-26(4-2)23-16-9-6-10-17-23/h5-17H,3-4,18-19H2,1-2H3. The van der Waals surface area contributed by atoms with Crippen LogP contribution in [-0.4, -0.2) is 18.1 Å². The molecule has 0 saturated carbocycles. The first-order valence-corrected chi connectivity index (χ1v) is 9.35. The molecule has 0 aliphatic carbocycles. The highest BCUT2D eigenvalue weighted by atomic mass is 15.1. The molecule has 0 bridgehead atoms. The second kappa shape index (κ2) is 9.04. The van der Waals surface area contributed by atoms with Crippen molar-refractivity contribution in [3.05, 3.63) is 90.3 Å². The fourth-order valence-corrected chi connectivity index (χ4v) is 3.15. The van der Waals surface area contributed by atoms with Gasteiger partial charge in [-0.05, 0) is 50.2 Å². The number of hydrogen-bond donors (Lipinski definition) is 0. The van der Waals surface area contributed by atoms with Gasteiger partial charge in [-0.1, -0.05) is 42.5 Å². The molecule has 0 aliphatic heterocycles. The zero-order valence-electron chi connectivity index (χ0n) is 15.7. The Labute approximate surface area is 156 Å². The lowest BCUT2D eigenvalue weighted by Crippen LogP contribution is -2.24. The van der Waals surface area contributed by atoms with Gasteiger partial charge in [-0.15, -0.1) is 0 Å². The molecule has 0 radical (unpaired) electrons. The van der Waals surface area contributed by atoms with Crippen molar-refractivity contribution in [1.29, 1.82) is 0 Å². The Kier molecular flexibility index (Phi) is 6.26. The third-order valence-corrected chi connectivity index (χ3v) is 4.58. The topological polar surface area (TPSA) is 19.4 Å². The molecule has 26 heavy (non-hydrogen) atoms. The predicted molar refractivity (Wildman–Crippen MR) is 111 cm³/mol. The molecule has 2 aromatic carbocycles. The van der Waals surface area contributed by atoms with Gasteiger partial charge < -0.3 is 9.80 Å². The van der Waals surface area contributed by atoms with Gasteiger partial charge in [0.15, 0.2) is 0 Å². The van der Waals surface area contributed by atoms with Gasteiger partial charge >= 0.3 is 0 Å². The Balaban J connectivity index is 1.73. The van der Waals surface area contributed by atoms with Crippen LogP contribution in [0.15, 0.2) is 78.9 Å². The highest BCUT2D eigenvalue weighted by Crippen LogP contribution is 2.18. The molecular weight excluding hydrogens is 318 g/mol. The van der Waals surface area contributed by atoms with E-state index in [2.05, 4.69) is 103 Å². The van der Waals surface area contributed by atoms with Gasteiger partial charge in [-0.25, -0.2) is 0 Å². The van der Waals surface area contributed by atoms with Crippen LogP contribution >= 0.6 is 0 Å². The highest BCUT2D eigenvalue weighted by Gasteiger charge is 2.09. The zero-order valence-corrected chi connectivity index (χ0v) is 15.7. The molecule has 3 rings (SSSR count). The number of para-hydroxylation sites is 2. The molecule has 0 aliphatic rings. The summed E-state index contributed by atoms with van der Waals surface area (Å²) in [6, 6.07) is 27.4. The number of anilines is 2. The van der Waals surface area contributed by atoms with Gasteiger partial charge in [-0.2, -0.15) is 0 Å². The van der Waals surface area contributed by atoms with E-state index < -0.39 is 0 Å². The molecule has 0 saturated heterocycles. The average molecular weight is 345 g/mol. The van der Waals surface area contributed by atoms with E-state index in [0.717, 1.165) is 37.6 Å². The first-order chi connectivity index (χ1) is 12.8. The van der Waals surface area contributed by atoms with Gasteiger partial charge in [0.05, 0.1) is 24.5 Å². The maximum Gasteiger partial charge on any atom is 0.0602 e. The van der Waals surface area contributed by atoms with Crippen LogP contribution < -0.4 is 9.80 Å². The van der Waals surface area contributed by atoms with Gasteiger partial charge in [-0.3, -0.25) is 4.98 Å². The molecule has 0 unspecified atom stereocenters. The minimum Gasteiger partial charge on any atom is -0.366 e. The number of pyridine rings is 1. The summed E-state index contributed by atoms with van der Waals surface area (Å²) in [5.41, 5.74) is 4.69. The van der Waals surface area contributed by atoms with Crippen LogP contribution in [0.4, 0.5) is 11.4 Å². The van der Waals surface area contributed by atoms with Crippen LogP contribution in [0.3, 0.4) is 0 Å². The van der Waals surface area contributed by atoms with Crippen LogP contribution in [0.2, 0.25) is 0 Å². The monoisotopic (exact) mass is 345 g/mol. The first kappa shape index (κ1) is 18.0. The molecule has 0 amide bonds. The summed E-state index contributed by atoms with van der Waals surface area (Å²) in [4.78, 5) is 9.61. The van der Waals surface area contributed by atoms with Gasteiger partial charge in [0.25, 0.3) is 0 Å². The number of hydrogen-bond acceptors (Lipinski definition) is 3. The zero-order chi connectivity index (χ0) is 18.2. The lowest BCUT2D eigenvalue weighted by atomic mass is 10.2. The van der Waals surface area contributed by atoms with E-state index >= 15 is 0 Å². The maximum absolute atomic E-state index is 4.92.